The fraction of sp³-hybridized carbons (Fsp3) is 0.321. The predicted octanol–water partition coefficient (Wildman–Crippen LogP) is 4.79. The molecule has 1 atom stereocenters. The largest absolute Gasteiger partial charge is 0.477 e. The standard InChI is InChI=1S/C28H30N2O5S/c1-5-6-19(2)35-20(3)30-16-22(17-30)8-7-21-9-14-25-27(15-21)34-18-26(28(25)31)23-10-12-24(13-11-23)29-36(4,32)33/h9-15,18-19,22,29H,3,5-6,16-17H2,1-2,4H3. The summed E-state index contributed by atoms with van der Waals surface area (Å²) in [6.45, 7) is 9.79. The van der Waals surface area contributed by atoms with Gasteiger partial charge in [-0.25, -0.2) is 8.42 Å². The average molecular weight is 507 g/mol. The maximum absolute atomic E-state index is 13.1. The molecule has 0 saturated carbocycles. The van der Waals surface area contributed by atoms with Gasteiger partial charge in [0.15, 0.2) is 11.3 Å². The Bertz CT molecular complexity index is 1490. The Morgan fingerprint density at radius 2 is 1.97 bits per heavy atom. The highest BCUT2D eigenvalue weighted by Gasteiger charge is 2.27. The quantitative estimate of drug-likeness (QED) is 0.349. The second kappa shape index (κ2) is 10.5. The molecule has 2 heterocycles. The second-order valence-electron chi connectivity index (χ2n) is 9.12. The number of rotatable bonds is 8. The average Bonchev–Trinajstić information content (AvgIpc) is 2.78. The summed E-state index contributed by atoms with van der Waals surface area (Å²) in [5.74, 6) is 7.40. The summed E-state index contributed by atoms with van der Waals surface area (Å²) in [4.78, 5) is 15.2. The van der Waals surface area contributed by atoms with Crippen LogP contribution < -0.4 is 10.2 Å². The zero-order chi connectivity index (χ0) is 25.9. The highest BCUT2D eigenvalue weighted by Crippen LogP contribution is 2.24. The molecule has 1 fully saturated rings. The molecular formula is C28H30N2O5S. The summed E-state index contributed by atoms with van der Waals surface area (Å²) < 4.78 is 36.8. The van der Waals surface area contributed by atoms with Crippen molar-refractivity contribution in [2.24, 2.45) is 5.92 Å². The van der Waals surface area contributed by atoms with Gasteiger partial charge in [-0.1, -0.05) is 37.3 Å². The molecule has 0 amide bonds. The topological polar surface area (TPSA) is 88.9 Å². The molecular weight excluding hydrogens is 476 g/mol. The van der Waals surface area contributed by atoms with Crippen molar-refractivity contribution in [2.75, 3.05) is 24.1 Å². The Morgan fingerprint density at radius 3 is 2.64 bits per heavy atom. The van der Waals surface area contributed by atoms with Gasteiger partial charge in [0.25, 0.3) is 0 Å². The first-order valence-corrected chi connectivity index (χ1v) is 13.8. The van der Waals surface area contributed by atoms with Gasteiger partial charge in [0.05, 0.1) is 29.2 Å². The molecule has 4 rings (SSSR count). The lowest BCUT2D eigenvalue weighted by molar-refractivity contribution is 0.0199. The fourth-order valence-corrected chi connectivity index (χ4v) is 4.63. The maximum Gasteiger partial charge on any atom is 0.229 e. The van der Waals surface area contributed by atoms with Gasteiger partial charge in [0.1, 0.15) is 11.8 Å². The number of hydrogen-bond donors (Lipinski definition) is 1. The summed E-state index contributed by atoms with van der Waals surface area (Å²) in [6, 6.07) is 11.9. The van der Waals surface area contributed by atoms with Crippen LogP contribution >= 0.6 is 0 Å². The van der Waals surface area contributed by atoms with E-state index in [2.05, 4.69) is 41.9 Å². The lowest BCUT2D eigenvalue weighted by atomic mass is 10.0. The number of nitrogens with one attached hydrogen (secondary N) is 1. The van der Waals surface area contributed by atoms with Crippen LogP contribution in [0.2, 0.25) is 0 Å². The van der Waals surface area contributed by atoms with Crippen LogP contribution in [0.3, 0.4) is 0 Å². The molecule has 0 spiro atoms. The van der Waals surface area contributed by atoms with Crippen LogP contribution in [-0.2, 0) is 14.8 Å². The number of nitrogens with zero attached hydrogens (tertiary/aromatic N) is 1. The second-order valence-corrected chi connectivity index (χ2v) is 10.9. The number of benzene rings is 2. The number of sulfonamides is 1. The summed E-state index contributed by atoms with van der Waals surface area (Å²) in [6.07, 6.45) is 4.76. The van der Waals surface area contributed by atoms with E-state index < -0.39 is 10.0 Å². The molecule has 3 aromatic rings. The van der Waals surface area contributed by atoms with Crippen molar-refractivity contribution in [1.29, 1.82) is 0 Å². The lowest BCUT2D eigenvalue weighted by Gasteiger charge is -2.39. The van der Waals surface area contributed by atoms with Gasteiger partial charge in [-0.15, -0.1) is 0 Å². The molecule has 0 radical (unpaired) electrons. The van der Waals surface area contributed by atoms with E-state index in [1.807, 2.05) is 6.07 Å². The van der Waals surface area contributed by atoms with Crippen molar-refractivity contribution >= 4 is 26.7 Å². The van der Waals surface area contributed by atoms with E-state index in [1.165, 1.54) is 6.26 Å². The van der Waals surface area contributed by atoms with Crippen molar-refractivity contribution in [3.05, 3.63) is 77.0 Å². The van der Waals surface area contributed by atoms with Crippen molar-refractivity contribution in [1.82, 2.24) is 4.90 Å². The normalized spacial score (nSPS) is 14.5. The van der Waals surface area contributed by atoms with Crippen LogP contribution in [0.5, 0.6) is 0 Å². The summed E-state index contributed by atoms with van der Waals surface area (Å²) >= 11 is 0. The SMILES string of the molecule is C=C(OC(C)CCC)N1CC(C#Cc2ccc3c(=O)c(-c4ccc(NS(C)(=O)=O)cc4)coc3c2)C1. The molecule has 2 aromatic carbocycles. The molecule has 1 aliphatic rings. The van der Waals surface area contributed by atoms with E-state index in [9.17, 15) is 13.2 Å². The third-order valence-electron chi connectivity index (χ3n) is 5.96. The first kappa shape index (κ1) is 25.4. The zero-order valence-corrected chi connectivity index (χ0v) is 21.5. The minimum Gasteiger partial charge on any atom is -0.477 e. The van der Waals surface area contributed by atoms with E-state index in [0.29, 0.717) is 33.7 Å². The van der Waals surface area contributed by atoms with Gasteiger partial charge < -0.3 is 14.1 Å². The molecule has 0 bridgehead atoms. The first-order valence-electron chi connectivity index (χ1n) is 11.9. The summed E-state index contributed by atoms with van der Waals surface area (Å²) in [5.41, 5.74) is 2.54. The smallest absolute Gasteiger partial charge is 0.229 e. The van der Waals surface area contributed by atoms with Crippen molar-refractivity contribution < 1.29 is 17.6 Å². The molecule has 1 N–H and O–H groups in total. The highest BCUT2D eigenvalue weighted by atomic mass is 32.2. The van der Waals surface area contributed by atoms with Gasteiger partial charge in [0.2, 0.25) is 10.0 Å². The molecule has 1 aromatic heterocycles. The third kappa shape index (κ3) is 6.10. The number of fused-ring (bicyclic) bond motifs is 1. The molecule has 1 saturated heterocycles. The maximum atomic E-state index is 13.1. The Balaban J connectivity index is 1.43. The predicted molar refractivity (Wildman–Crippen MR) is 143 cm³/mol. The molecule has 7 nitrogen and oxygen atoms in total. The van der Waals surface area contributed by atoms with E-state index >= 15 is 0 Å². The van der Waals surface area contributed by atoms with Gasteiger partial charge in [0, 0.05) is 24.3 Å². The van der Waals surface area contributed by atoms with Crippen LogP contribution in [0.15, 0.2) is 70.4 Å². The number of ether oxygens (including phenoxy) is 1. The van der Waals surface area contributed by atoms with Crippen LogP contribution in [0, 0.1) is 17.8 Å². The van der Waals surface area contributed by atoms with Crippen LogP contribution in [0.4, 0.5) is 5.69 Å². The Hall–Kier alpha value is -3.70. The lowest BCUT2D eigenvalue weighted by Crippen LogP contribution is -2.45. The van der Waals surface area contributed by atoms with E-state index in [-0.39, 0.29) is 17.5 Å². The summed E-state index contributed by atoms with van der Waals surface area (Å²) in [7, 11) is -3.37. The molecule has 0 aliphatic carbocycles. The number of anilines is 1. The van der Waals surface area contributed by atoms with Gasteiger partial charge in [-0.3, -0.25) is 9.52 Å². The molecule has 1 aliphatic heterocycles. The number of hydrogen-bond acceptors (Lipinski definition) is 6. The van der Waals surface area contributed by atoms with Gasteiger partial charge in [-0.05, 0) is 55.8 Å². The Kier molecular flexibility index (Phi) is 7.41. The van der Waals surface area contributed by atoms with E-state index in [4.69, 9.17) is 9.15 Å². The monoisotopic (exact) mass is 506 g/mol. The van der Waals surface area contributed by atoms with Crippen LogP contribution in [0.25, 0.3) is 22.1 Å². The van der Waals surface area contributed by atoms with Crippen molar-refractivity contribution in [3.8, 4) is 23.0 Å². The van der Waals surface area contributed by atoms with E-state index in [0.717, 1.165) is 37.8 Å². The Morgan fingerprint density at radius 1 is 1.25 bits per heavy atom. The molecule has 36 heavy (non-hydrogen) atoms. The Labute approximate surface area is 211 Å². The summed E-state index contributed by atoms with van der Waals surface area (Å²) in [5, 5.41) is 0.459. The first-order chi connectivity index (χ1) is 17.1. The minimum absolute atomic E-state index is 0.162. The van der Waals surface area contributed by atoms with Crippen LogP contribution in [-0.4, -0.2) is 38.8 Å². The minimum atomic E-state index is -3.37. The van der Waals surface area contributed by atoms with Gasteiger partial charge >= 0.3 is 0 Å². The van der Waals surface area contributed by atoms with Crippen molar-refractivity contribution in [3.63, 3.8) is 0 Å². The zero-order valence-electron chi connectivity index (χ0n) is 20.7. The molecule has 188 valence electrons. The van der Waals surface area contributed by atoms with Gasteiger partial charge in [-0.2, -0.15) is 0 Å². The fourth-order valence-electron chi connectivity index (χ4n) is 4.07. The third-order valence-corrected chi connectivity index (χ3v) is 6.57. The number of likely N-dealkylation sites (tertiary alicyclic amines) is 1. The van der Waals surface area contributed by atoms with Crippen molar-refractivity contribution in [2.45, 2.75) is 32.8 Å². The molecule has 8 heteroatoms. The van der Waals surface area contributed by atoms with Crippen LogP contribution in [0.1, 0.15) is 32.3 Å². The molecule has 1 unspecified atom stereocenters. The highest BCUT2D eigenvalue weighted by molar-refractivity contribution is 7.92. The van der Waals surface area contributed by atoms with E-state index in [1.54, 1.807) is 36.4 Å².